The third-order valence-corrected chi connectivity index (χ3v) is 5.98. The lowest BCUT2D eigenvalue weighted by atomic mass is 10.0. The fourth-order valence-corrected chi connectivity index (χ4v) is 4.96. The largest absolute Gasteiger partial charge is 0.402 e. The summed E-state index contributed by atoms with van der Waals surface area (Å²) < 4.78 is 6.34. The van der Waals surface area contributed by atoms with Crippen molar-refractivity contribution in [1.82, 2.24) is 0 Å². The first kappa shape index (κ1) is 10.8. The molecule has 2 heteroatoms. The minimum Gasteiger partial charge on any atom is -0.402 e. The lowest BCUT2D eigenvalue weighted by Crippen LogP contribution is -2.39. The van der Waals surface area contributed by atoms with Crippen molar-refractivity contribution in [2.45, 2.75) is 19.2 Å². The highest BCUT2D eigenvalue weighted by Crippen LogP contribution is 2.34. The molecule has 86 valence electrons. The van der Waals surface area contributed by atoms with Crippen molar-refractivity contribution in [2.24, 2.45) is 0 Å². The van der Waals surface area contributed by atoms with Gasteiger partial charge in [0.15, 0.2) is 0 Å². The Morgan fingerprint density at radius 2 is 1.53 bits per heavy atom. The van der Waals surface area contributed by atoms with Crippen LogP contribution in [0.1, 0.15) is 17.2 Å². The van der Waals surface area contributed by atoms with Gasteiger partial charge in [0.25, 0.3) is 0 Å². The van der Waals surface area contributed by atoms with Gasteiger partial charge < -0.3 is 4.43 Å². The molecule has 2 aromatic rings. The zero-order chi connectivity index (χ0) is 11.9. The summed E-state index contributed by atoms with van der Waals surface area (Å²) in [5, 5.41) is 1.44. The van der Waals surface area contributed by atoms with E-state index in [9.17, 15) is 0 Å². The van der Waals surface area contributed by atoms with Crippen LogP contribution in [-0.4, -0.2) is 8.32 Å². The molecule has 3 rings (SSSR count). The first-order valence-electron chi connectivity index (χ1n) is 6.01. The normalized spacial score (nSPS) is 21.2. The Bertz CT molecular complexity index is 534. The minimum absolute atomic E-state index is 0.133. The van der Waals surface area contributed by atoms with E-state index in [1.165, 1.54) is 16.3 Å². The topological polar surface area (TPSA) is 9.23 Å². The van der Waals surface area contributed by atoms with Crippen molar-refractivity contribution in [1.29, 1.82) is 0 Å². The van der Waals surface area contributed by atoms with Gasteiger partial charge in [-0.05, 0) is 29.4 Å². The lowest BCUT2D eigenvalue weighted by molar-refractivity contribution is 0.259. The maximum Gasteiger partial charge on any atom is 0.219 e. The van der Waals surface area contributed by atoms with Gasteiger partial charge in [-0.3, -0.25) is 0 Å². The summed E-state index contributed by atoms with van der Waals surface area (Å²) >= 11 is 0. The molecule has 0 bridgehead atoms. The Hall–Kier alpha value is -1.38. The van der Waals surface area contributed by atoms with Gasteiger partial charge in [-0.15, -0.1) is 0 Å². The zero-order valence-corrected chi connectivity index (χ0v) is 11.2. The highest BCUT2D eigenvalue weighted by molar-refractivity contribution is 6.85. The molecular weight excluding hydrogens is 224 g/mol. The molecule has 1 aliphatic rings. The summed E-state index contributed by atoms with van der Waals surface area (Å²) in [7, 11) is -1.71. The van der Waals surface area contributed by atoms with Crippen LogP contribution in [0.4, 0.5) is 0 Å². The van der Waals surface area contributed by atoms with E-state index in [0.717, 1.165) is 0 Å². The van der Waals surface area contributed by atoms with Gasteiger partial charge in [0, 0.05) is 0 Å². The molecule has 0 saturated heterocycles. The quantitative estimate of drug-likeness (QED) is 0.695. The van der Waals surface area contributed by atoms with Gasteiger partial charge in [0.05, 0.1) is 6.10 Å². The van der Waals surface area contributed by atoms with Crippen LogP contribution in [0.2, 0.25) is 13.1 Å². The fraction of sp³-hybridized carbons (Fsp3) is 0.200. The molecule has 0 amide bonds. The second-order valence-corrected chi connectivity index (χ2v) is 8.80. The van der Waals surface area contributed by atoms with E-state index in [2.05, 4.69) is 61.6 Å². The highest BCUT2D eigenvalue weighted by Gasteiger charge is 2.40. The molecule has 1 atom stereocenters. The van der Waals surface area contributed by atoms with E-state index < -0.39 is 8.32 Å². The third kappa shape index (κ3) is 1.74. The van der Waals surface area contributed by atoms with Gasteiger partial charge in [0.1, 0.15) is 0 Å². The summed E-state index contributed by atoms with van der Waals surface area (Å²) in [5.41, 5.74) is 2.62. The van der Waals surface area contributed by atoms with E-state index in [1.807, 2.05) is 6.07 Å². The van der Waals surface area contributed by atoms with E-state index in [0.29, 0.717) is 0 Å². The maximum absolute atomic E-state index is 6.34. The molecule has 1 heterocycles. The molecular formula is C15H16OSi. The van der Waals surface area contributed by atoms with Crippen LogP contribution in [0.25, 0.3) is 0 Å². The number of hydrogen-bond acceptors (Lipinski definition) is 1. The Labute approximate surface area is 103 Å². The number of hydrogen-bond donors (Lipinski definition) is 0. The second kappa shape index (κ2) is 3.83. The molecule has 0 aliphatic carbocycles. The molecule has 0 saturated carbocycles. The van der Waals surface area contributed by atoms with Crippen molar-refractivity contribution < 1.29 is 4.43 Å². The molecule has 0 aromatic heterocycles. The Morgan fingerprint density at radius 3 is 2.29 bits per heavy atom. The monoisotopic (exact) mass is 240 g/mol. The van der Waals surface area contributed by atoms with Crippen molar-refractivity contribution in [3.63, 3.8) is 0 Å². The molecule has 2 aromatic carbocycles. The van der Waals surface area contributed by atoms with Gasteiger partial charge in [-0.1, -0.05) is 54.6 Å². The van der Waals surface area contributed by atoms with Crippen LogP contribution in [0.3, 0.4) is 0 Å². The van der Waals surface area contributed by atoms with Crippen LogP contribution in [0.15, 0.2) is 54.6 Å². The van der Waals surface area contributed by atoms with Gasteiger partial charge >= 0.3 is 0 Å². The predicted molar refractivity (Wildman–Crippen MR) is 72.9 cm³/mol. The van der Waals surface area contributed by atoms with Gasteiger partial charge in [-0.2, -0.15) is 0 Å². The molecule has 1 nitrogen and oxygen atoms in total. The lowest BCUT2D eigenvalue weighted by Gasteiger charge is -2.18. The van der Waals surface area contributed by atoms with Crippen LogP contribution in [0.5, 0.6) is 0 Å². The maximum atomic E-state index is 6.34. The van der Waals surface area contributed by atoms with Crippen molar-refractivity contribution in [3.8, 4) is 0 Å². The first-order chi connectivity index (χ1) is 8.18. The predicted octanol–water partition coefficient (Wildman–Crippen LogP) is 3.22. The van der Waals surface area contributed by atoms with E-state index >= 15 is 0 Å². The molecule has 0 fully saturated rings. The fourth-order valence-electron chi connectivity index (χ4n) is 2.57. The number of benzene rings is 2. The van der Waals surface area contributed by atoms with E-state index in [-0.39, 0.29) is 6.10 Å². The summed E-state index contributed by atoms with van der Waals surface area (Å²) in [4.78, 5) is 0. The molecule has 1 unspecified atom stereocenters. The Balaban J connectivity index is 2.12. The smallest absolute Gasteiger partial charge is 0.219 e. The first-order valence-corrected chi connectivity index (χ1v) is 8.91. The average Bonchev–Trinajstić information content (AvgIpc) is 2.64. The van der Waals surface area contributed by atoms with E-state index in [1.54, 1.807) is 0 Å². The zero-order valence-electron chi connectivity index (χ0n) is 10.2. The molecule has 0 N–H and O–H groups in total. The van der Waals surface area contributed by atoms with Crippen molar-refractivity contribution >= 4 is 13.5 Å². The van der Waals surface area contributed by atoms with Crippen molar-refractivity contribution in [2.75, 3.05) is 0 Å². The van der Waals surface area contributed by atoms with Crippen LogP contribution >= 0.6 is 0 Å². The molecule has 17 heavy (non-hydrogen) atoms. The molecule has 1 aliphatic heterocycles. The highest BCUT2D eigenvalue weighted by atomic mass is 28.4. The average molecular weight is 240 g/mol. The standard InChI is InChI=1S/C15H16OSi/c1-17(2)14-11-7-6-10-13(14)15(16-17)12-8-4-3-5-9-12/h3-11,15H,1-2H3. The SMILES string of the molecule is C[Si]1(C)OC(c2ccccc2)c2ccccc21. The minimum atomic E-state index is -1.71. The summed E-state index contributed by atoms with van der Waals surface area (Å²) in [6.45, 7) is 4.55. The van der Waals surface area contributed by atoms with E-state index in [4.69, 9.17) is 4.43 Å². The Morgan fingerprint density at radius 1 is 0.882 bits per heavy atom. The van der Waals surface area contributed by atoms with Crippen LogP contribution < -0.4 is 5.19 Å². The van der Waals surface area contributed by atoms with Crippen molar-refractivity contribution in [3.05, 3.63) is 65.7 Å². The van der Waals surface area contributed by atoms with Gasteiger partial charge in [-0.25, -0.2) is 0 Å². The van der Waals surface area contributed by atoms with Gasteiger partial charge in [0.2, 0.25) is 8.32 Å². The molecule has 0 spiro atoms. The Kier molecular flexibility index (Phi) is 2.42. The third-order valence-electron chi connectivity index (χ3n) is 3.41. The molecule has 0 radical (unpaired) electrons. The second-order valence-electron chi connectivity index (χ2n) is 5.01. The van der Waals surface area contributed by atoms with Crippen LogP contribution in [-0.2, 0) is 4.43 Å². The number of fused-ring (bicyclic) bond motifs is 1. The number of rotatable bonds is 1. The van der Waals surface area contributed by atoms with Crippen LogP contribution in [0, 0.1) is 0 Å². The summed E-state index contributed by atoms with van der Waals surface area (Å²) in [5.74, 6) is 0. The summed E-state index contributed by atoms with van der Waals surface area (Å²) in [6, 6.07) is 19.2. The summed E-state index contributed by atoms with van der Waals surface area (Å²) in [6.07, 6.45) is 0.133.